The molecule has 1 aromatic heterocycles. The average Bonchev–Trinajstić information content (AvgIpc) is 2.80. The van der Waals surface area contributed by atoms with Gasteiger partial charge in [0.2, 0.25) is 0 Å². The summed E-state index contributed by atoms with van der Waals surface area (Å²) in [6.45, 7) is 4.28. The van der Waals surface area contributed by atoms with Crippen LogP contribution in [0.4, 0.5) is 0 Å². The molecule has 0 N–H and O–H groups in total. The zero-order valence-electron chi connectivity index (χ0n) is 10.2. The number of hydrogen-bond acceptors (Lipinski definition) is 2. The van der Waals surface area contributed by atoms with E-state index in [1.807, 2.05) is 6.07 Å². The maximum absolute atomic E-state index is 5.36. The Bertz CT molecular complexity index is 519. The number of hydrogen-bond donors (Lipinski definition) is 0. The molecule has 2 aromatic rings. The third-order valence-electron chi connectivity index (χ3n) is 2.93. The number of halogens is 1. The lowest BCUT2D eigenvalue weighted by Gasteiger charge is -2.12. The van der Waals surface area contributed by atoms with Crippen molar-refractivity contribution in [3.63, 3.8) is 0 Å². The molecular formula is C14H15BrOS. The van der Waals surface area contributed by atoms with Crippen LogP contribution in [0.15, 0.2) is 29.6 Å². The zero-order valence-corrected chi connectivity index (χ0v) is 12.6. The second-order valence-corrected chi connectivity index (χ2v) is 5.92. The van der Waals surface area contributed by atoms with Gasteiger partial charge in [0, 0.05) is 0 Å². The number of thiophene rings is 1. The predicted molar refractivity (Wildman–Crippen MR) is 77.6 cm³/mol. The van der Waals surface area contributed by atoms with Crippen molar-refractivity contribution in [3.8, 4) is 5.75 Å². The molecule has 1 nitrogen and oxygen atoms in total. The number of alkyl halides is 1. The van der Waals surface area contributed by atoms with Crippen LogP contribution >= 0.6 is 27.3 Å². The number of ether oxygens (including phenoxy) is 1. The van der Waals surface area contributed by atoms with Crippen molar-refractivity contribution in [2.45, 2.75) is 18.7 Å². The van der Waals surface area contributed by atoms with Gasteiger partial charge in [-0.15, -0.1) is 11.3 Å². The lowest BCUT2D eigenvalue weighted by molar-refractivity contribution is 0.413. The van der Waals surface area contributed by atoms with E-state index >= 15 is 0 Å². The molecule has 1 unspecified atom stereocenters. The minimum Gasteiger partial charge on any atom is -0.496 e. The molecule has 17 heavy (non-hydrogen) atoms. The van der Waals surface area contributed by atoms with E-state index in [1.165, 1.54) is 21.6 Å². The van der Waals surface area contributed by atoms with Crippen LogP contribution < -0.4 is 4.74 Å². The summed E-state index contributed by atoms with van der Waals surface area (Å²) in [5.41, 5.74) is 3.92. The Hall–Kier alpha value is -0.800. The molecule has 0 aliphatic rings. The molecular weight excluding hydrogens is 296 g/mol. The molecule has 2 rings (SSSR count). The Morgan fingerprint density at radius 2 is 1.94 bits per heavy atom. The first-order valence-corrected chi connectivity index (χ1v) is 7.25. The molecule has 0 aliphatic carbocycles. The van der Waals surface area contributed by atoms with Gasteiger partial charge in [-0.2, -0.15) is 0 Å². The van der Waals surface area contributed by atoms with Crippen LogP contribution in [0.1, 0.15) is 26.4 Å². The average molecular weight is 311 g/mol. The van der Waals surface area contributed by atoms with Gasteiger partial charge in [-0.3, -0.25) is 0 Å². The number of benzene rings is 1. The molecule has 0 spiro atoms. The summed E-state index contributed by atoms with van der Waals surface area (Å²) in [5, 5.41) is 2.06. The highest BCUT2D eigenvalue weighted by atomic mass is 79.9. The largest absolute Gasteiger partial charge is 0.496 e. The Morgan fingerprint density at radius 3 is 2.59 bits per heavy atom. The lowest BCUT2D eigenvalue weighted by Crippen LogP contribution is -1.94. The monoisotopic (exact) mass is 310 g/mol. The minimum absolute atomic E-state index is 0.205. The fraction of sp³-hybridized carbons (Fsp3) is 0.286. The molecule has 0 fully saturated rings. The van der Waals surface area contributed by atoms with Crippen molar-refractivity contribution < 1.29 is 4.74 Å². The Kier molecular flexibility index (Phi) is 3.89. The van der Waals surface area contributed by atoms with E-state index in [4.69, 9.17) is 4.74 Å². The van der Waals surface area contributed by atoms with Crippen LogP contribution in [0.25, 0.3) is 0 Å². The maximum Gasteiger partial charge on any atom is 0.134 e. The summed E-state index contributed by atoms with van der Waals surface area (Å²) in [6.07, 6.45) is 0. The van der Waals surface area contributed by atoms with Crippen LogP contribution in [0.3, 0.4) is 0 Å². The number of methoxy groups -OCH3 is 1. The molecule has 1 atom stereocenters. The van der Waals surface area contributed by atoms with Gasteiger partial charge in [0.15, 0.2) is 0 Å². The topological polar surface area (TPSA) is 9.23 Å². The molecule has 0 bridgehead atoms. The molecule has 1 heterocycles. The first kappa shape index (κ1) is 12.7. The quantitative estimate of drug-likeness (QED) is 0.736. The fourth-order valence-corrected chi connectivity index (χ4v) is 3.43. The molecule has 1 aromatic carbocycles. The summed E-state index contributed by atoms with van der Waals surface area (Å²) in [5.74, 6) is 0.954. The number of rotatable bonds is 3. The lowest BCUT2D eigenvalue weighted by atomic mass is 10.0. The van der Waals surface area contributed by atoms with Crippen LogP contribution in [0.5, 0.6) is 5.75 Å². The Balaban J connectivity index is 2.36. The van der Waals surface area contributed by atoms with Crippen molar-refractivity contribution in [2.75, 3.05) is 7.11 Å². The summed E-state index contributed by atoms with van der Waals surface area (Å²) in [6, 6.07) is 8.57. The molecule has 0 radical (unpaired) electrons. The SMILES string of the molecule is COc1ccsc1C(Br)c1ccc(C)c(C)c1. The fourth-order valence-electron chi connectivity index (χ4n) is 1.74. The minimum atomic E-state index is 0.205. The van der Waals surface area contributed by atoms with Crippen molar-refractivity contribution in [2.24, 2.45) is 0 Å². The highest BCUT2D eigenvalue weighted by Gasteiger charge is 2.16. The van der Waals surface area contributed by atoms with Crippen molar-refractivity contribution >= 4 is 27.3 Å². The van der Waals surface area contributed by atoms with Gasteiger partial charge in [0.1, 0.15) is 5.75 Å². The molecule has 0 saturated carbocycles. The van der Waals surface area contributed by atoms with Crippen LogP contribution in [-0.4, -0.2) is 7.11 Å². The van der Waals surface area contributed by atoms with Gasteiger partial charge in [-0.1, -0.05) is 34.1 Å². The molecule has 0 aliphatic heterocycles. The Labute approximate surface area is 115 Å². The molecule has 0 saturated heterocycles. The van der Waals surface area contributed by atoms with Gasteiger partial charge in [-0.25, -0.2) is 0 Å². The second kappa shape index (κ2) is 5.23. The molecule has 0 amide bonds. The summed E-state index contributed by atoms with van der Waals surface area (Å²) < 4.78 is 5.36. The van der Waals surface area contributed by atoms with Crippen molar-refractivity contribution in [1.29, 1.82) is 0 Å². The summed E-state index contributed by atoms with van der Waals surface area (Å²) in [7, 11) is 1.71. The van der Waals surface area contributed by atoms with E-state index in [1.54, 1.807) is 18.4 Å². The van der Waals surface area contributed by atoms with Crippen LogP contribution in [0.2, 0.25) is 0 Å². The highest BCUT2D eigenvalue weighted by Crippen LogP contribution is 2.40. The van der Waals surface area contributed by atoms with Crippen molar-refractivity contribution in [3.05, 3.63) is 51.2 Å². The predicted octanol–water partition coefficient (Wildman–Crippen LogP) is 4.86. The van der Waals surface area contributed by atoms with E-state index in [-0.39, 0.29) is 4.83 Å². The first-order chi connectivity index (χ1) is 8.13. The summed E-state index contributed by atoms with van der Waals surface area (Å²) in [4.78, 5) is 1.42. The third kappa shape index (κ3) is 2.55. The van der Waals surface area contributed by atoms with Crippen LogP contribution in [-0.2, 0) is 0 Å². The first-order valence-electron chi connectivity index (χ1n) is 5.46. The van der Waals surface area contributed by atoms with Crippen molar-refractivity contribution in [1.82, 2.24) is 0 Å². The van der Waals surface area contributed by atoms with E-state index in [0.717, 1.165) is 5.75 Å². The molecule has 3 heteroatoms. The standard InChI is InChI=1S/C14H15BrOS/c1-9-4-5-11(8-10(9)2)13(15)14-12(16-3)6-7-17-14/h4-8,13H,1-3H3. The summed E-state index contributed by atoms with van der Waals surface area (Å²) >= 11 is 5.47. The van der Waals surface area contributed by atoms with E-state index in [9.17, 15) is 0 Å². The highest BCUT2D eigenvalue weighted by molar-refractivity contribution is 9.09. The normalized spacial score (nSPS) is 12.5. The number of aryl methyl sites for hydroxylation is 2. The van der Waals surface area contributed by atoms with E-state index in [0.29, 0.717) is 0 Å². The maximum atomic E-state index is 5.36. The second-order valence-electron chi connectivity index (χ2n) is 4.06. The Morgan fingerprint density at radius 1 is 1.18 bits per heavy atom. The van der Waals surface area contributed by atoms with E-state index in [2.05, 4.69) is 53.4 Å². The van der Waals surface area contributed by atoms with Gasteiger partial charge in [0.25, 0.3) is 0 Å². The molecule has 90 valence electrons. The van der Waals surface area contributed by atoms with Gasteiger partial charge in [0.05, 0.1) is 16.8 Å². The van der Waals surface area contributed by atoms with E-state index < -0.39 is 0 Å². The van der Waals surface area contributed by atoms with Crippen LogP contribution in [0, 0.1) is 13.8 Å². The smallest absolute Gasteiger partial charge is 0.134 e. The third-order valence-corrected chi connectivity index (χ3v) is 5.18. The van der Waals surface area contributed by atoms with Gasteiger partial charge in [-0.05, 0) is 42.0 Å². The van der Waals surface area contributed by atoms with Gasteiger partial charge < -0.3 is 4.74 Å². The van der Waals surface area contributed by atoms with Gasteiger partial charge >= 0.3 is 0 Å². The zero-order chi connectivity index (χ0) is 12.4.